The summed E-state index contributed by atoms with van der Waals surface area (Å²) in [6.45, 7) is 1.69. The molecule has 2 aromatic carbocycles. The first-order valence-corrected chi connectivity index (χ1v) is 10.7. The highest BCUT2D eigenvalue weighted by Gasteiger charge is 2.47. The Morgan fingerprint density at radius 1 is 1.00 bits per heavy atom. The third-order valence-electron chi connectivity index (χ3n) is 5.52. The van der Waals surface area contributed by atoms with Gasteiger partial charge >= 0.3 is 0 Å². The minimum atomic E-state index is -0.497. The Morgan fingerprint density at radius 3 is 2.41 bits per heavy atom. The summed E-state index contributed by atoms with van der Waals surface area (Å²) >= 11 is 1.77. The molecule has 7 heteroatoms. The van der Waals surface area contributed by atoms with Crippen molar-refractivity contribution in [1.29, 1.82) is 0 Å². The van der Waals surface area contributed by atoms with Crippen LogP contribution in [0.5, 0.6) is 5.75 Å². The number of carbonyl (C=O) groups is 2. The van der Waals surface area contributed by atoms with Crippen LogP contribution in [-0.4, -0.2) is 58.5 Å². The number of hydrogen-bond donors (Lipinski definition) is 0. The van der Waals surface area contributed by atoms with Gasteiger partial charge in [-0.05, 0) is 37.1 Å². The number of likely N-dealkylation sites (tertiary alicyclic amines) is 1. The monoisotopic (exact) mass is 414 g/mol. The standard InChI is InChI=1S/C22H23FN2O3S/c23-19-9-5-4-8-18(19)21(27)24-12-10-22(11-13-24)25(14-15-29-22)20(26)16-28-17-6-2-1-3-7-17/h1-9H,10-16H2. The van der Waals surface area contributed by atoms with Gasteiger partial charge in [-0.2, -0.15) is 0 Å². The van der Waals surface area contributed by atoms with Gasteiger partial charge in [-0.25, -0.2) is 4.39 Å². The van der Waals surface area contributed by atoms with Crippen molar-refractivity contribution in [3.05, 3.63) is 66.0 Å². The molecule has 152 valence electrons. The fourth-order valence-electron chi connectivity index (χ4n) is 3.98. The molecule has 1 spiro atoms. The van der Waals surface area contributed by atoms with Crippen LogP contribution in [0.15, 0.2) is 54.6 Å². The number of amides is 2. The largest absolute Gasteiger partial charge is 0.484 e. The highest BCUT2D eigenvalue weighted by atomic mass is 32.2. The topological polar surface area (TPSA) is 49.9 Å². The molecule has 0 N–H and O–H groups in total. The van der Waals surface area contributed by atoms with E-state index in [0.717, 1.165) is 5.75 Å². The van der Waals surface area contributed by atoms with E-state index in [1.54, 1.807) is 28.8 Å². The maximum absolute atomic E-state index is 14.0. The molecule has 29 heavy (non-hydrogen) atoms. The van der Waals surface area contributed by atoms with Gasteiger partial charge in [0.15, 0.2) is 6.61 Å². The summed E-state index contributed by atoms with van der Waals surface area (Å²) in [5.41, 5.74) is 0.103. The van der Waals surface area contributed by atoms with E-state index in [-0.39, 0.29) is 28.9 Å². The van der Waals surface area contributed by atoms with Crippen LogP contribution in [-0.2, 0) is 4.79 Å². The first-order chi connectivity index (χ1) is 14.1. The molecular formula is C22H23FN2O3S. The van der Waals surface area contributed by atoms with Gasteiger partial charge in [-0.15, -0.1) is 11.8 Å². The first-order valence-electron chi connectivity index (χ1n) is 9.75. The molecule has 2 aliphatic heterocycles. The van der Waals surface area contributed by atoms with Crippen LogP contribution in [0.3, 0.4) is 0 Å². The number of rotatable bonds is 4. The maximum Gasteiger partial charge on any atom is 0.261 e. The van der Waals surface area contributed by atoms with Crippen molar-refractivity contribution in [2.75, 3.05) is 32.0 Å². The van der Waals surface area contributed by atoms with E-state index in [4.69, 9.17) is 4.74 Å². The summed E-state index contributed by atoms with van der Waals surface area (Å²) in [5.74, 6) is 0.729. The minimum absolute atomic E-state index is 0.00416. The van der Waals surface area contributed by atoms with Crippen molar-refractivity contribution in [1.82, 2.24) is 9.80 Å². The smallest absolute Gasteiger partial charge is 0.261 e. The lowest BCUT2D eigenvalue weighted by Gasteiger charge is -2.44. The number of hydrogen-bond acceptors (Lipinski definition) is 4. The summed E-state index contributed by atoms with van der Waals surface area (Å²) < 4.78 is 19.6. The number of piperidine rings is 1. The van der Waals surface area contributed by atoms with Gasteiger partial charge in [-0.1, -0.05) is 30.3 Å². The maximum atomic E-state index is 14.0. The van der Waals surface area contributed by atoms with E-state index in [2.05, 4.69) is 0 Å². The lowest BCUT2D eigenvalue weighted by Crippen LogP contribution is -2.54. The molecule has 0 bridgehead atoms. The predicted octanol–water partition coefficient (Wildman–Crippen LogP) is 3.41. The fraction of sp³-hybridized carbons (Fsp3) is 0.364. The number of para-hydroxylation sites is 1. The Bertz CT molecular complexity index is 885. The molecule has 0 atom stereocenters. The molecule has 0 unspecified atom stereocenters. The number of ether oxygens (including phenoxy) is 1. The van der Waals surface area contributed by atoms with Crippen molar-refractivity contribution in [3.63, 3.8) is 0 Å². The zero-order valence-electron chi connectivity index (χ0n) is 16.1. The Balaban J connectivity index is 1.38. The van der Waals surface area contributed by atoms with Crippen molar-refractivity contribution in [3.8, 4) is 5.75 Å². The quantitative estimate of drug-likeness (QED) is 0.769. The van der Waals surface area contributed by atoms with Gasteiger partial charge in [0.05, 0.1) is 10.4 Å². The van der Waals surface area contributed by atoms with Crippen LogP contribution in [0, 0.1) is 5.82 Å². The van der Waals surface area contributed by atoms with Crippen LogP contribution in [0.25, 0.3) is 0 Å². The van der Waals surface area contributed by atoms with Gasteiger partial charge in [0, 0.05) is 25.4 Å². The molecule has 5 nitrogen and oxygen atoms in total. The molecule has 0 saturated carbocycles. The Hall–Kier alpha value is -2.54. The third kappa shape index (κ3) is 4.10. The van der Waals surface area contributed by atoms with Gasteiger partial charge in [0.1, 0.15) is 11.6 Å². The second-order valence-electron chi connectivity index (χ2n) is 7.21. The fourth-order valence-corrected chi connectivity index (χ4v) is 5.45. The summed E-state index contributed by atoms with van der Waals surface area (Å²) in [7, 11) is 0. The number of nitrogens with zero attached hydrogens (tertiary/aromatic N) is 2. The second kappa shape index (κ2) is 8.45. The van der Waals surface area contributed by atoms with E-state index >= 15 is 0 Å². The van der Waals surface area contributed by atoms with Crippen molar-refractivity contribution in [2.24, 2.45) is 0 Å². The molecule has 2 amide bonds. The van der Waals surface area contributed by atoms with Crippen LogP contribution < -0.4 is 4.74 Å². The number of thioether (sulfide) groups is 1. The Kier molecular flexibility index (Phi) is 5.76. The van der Waals surface area contributed by atoms with Gasteiger partial charge in [0.25, 0.3) is 11.8 Å². The highest BCUT2D eigenvalue weighted by Crippen LogP contribution is 2.44. The molecule has 2 saturated heterocycles. The Labute approximate surface area is 173 Å². The zero-order chi connectivity index (χ0) is 20.3. The predicted molar refractivity (Wildman–Crippen MR) is 110 cm³/mol. The molecule has 4 rings (SSSR count). The molecule has 2 heterocycles. The number of benzene rings is 2. The average molecular weight is 415 g/mol. The van der Waals surface area contributed by atoms with E-state index in [1.165, 1.54) is 12.1 Å². The van der Waals surface area contributed by atoms with Crippen molar-refractivity contribution < 1.29 is 18.7 Å². The summed E-state index contributed by atoms with van der Waals surface area (Å²) in [6, 6.07) is 15.4. The molecule has 2 fully saturated rings. The van der Waals surface area contributed by atoms with Crippen molar-refractivity contribution in [2.45, 2.75) is 17.7 Å². The lowest BCUT2D eigenvalue weighted by atomic mass is 10.0. The number of halogens is 1. The summed E-state index contributed by atoms with van der Waals surface area (Å²) in [6.07, 6.45) is 1.35. The SMILES string of the molecule is O=C(c1ccccc1F)N1CCC2(CC1)SCCN2C(=O)COc1ccccc1. The summed E-state index contributed by atoms with van der Waals surface area (Å²) in [4.78, 5) is 28.8. The van der Waals surface area contributed by atoms with Crippen molar-refractivity contribution >= 4 is 23.6 Å². The Morgan fingerprint density at radius 2 is 1.69 bits per heavy atom. The minimum Gasteiger partial charge on any atom is -0.484 e. The van der Waals surface area contributed by atoms with E-state index in [9.17, 15) is 14.0 Å². The van der Waals surface area contributed by atoms with Gasteiger partial charge in [-0.3, -0.25) is 9.59 Å². The van der Waals surface area contributed by atoms with Crippen LogP contribution in [0.4, 0.5) is 4.39 Å². The second-order valence-corrected chi connectivity index (χ2v) is 8.67. The highest BCUT2D eigenvalue weighted by molar-refractivity contribution is 8.00. The first kappa shape index (κ1) is 19.8. The van der Waals surface area contributed by atoms with E-state index in [0.29, 0.717) is 38.2 Å². The average Bonchev–Trinajstić information content (AvgIpc) is 3.16. The van der Waals surface area contributed by atoms with E-state index in [1.807, 2.05) is 35.2 Å². The van der Waals surface area contributed by atoms with Crippen LogP contribution in [0.2, 0.25) is 0 Å². The van der Waals surface area contributed by atoms with Crippen LogP contribution in [0.1, 0.15) is 23.2 Å². The summed E-state index contributed by atoms with van der Waals surface area (Å²) in [5, 5.41) is 0. The van der Waals surface area contributed by atoms with Gasteiger partial charge in [0.2, 0.25) is 0 Å². The zero-order valence-corrected chi connectivity index (χ0v) is 16.9. The molecular weight excluding hydrogens is 391 g/mol. The van der Waals surface area contributed by atoms with E-state index < -0.39 is 5.82 Å². The third-order valence-corrected chi connectivity index (χ3v) is 7.07. The lowest BCUT2D eigenvalue weighted by molar-refractivity contribution is -0.136. The normalized spacial score (nSPS) is 18.1. The molecule has 0 radical (unpaired) electrons. The van der Waals surface area contributed by atoms with Gasteiger partial charge < -0.3 is 14.5 Å². The molecule has 0 aromatic heterocycles. The molecule has 0 aliphatic carbocycles. The molecule has 2 aromatic rings. The number of carbonyl (C=O) groups excluding carboxylic acids is 2. The molecule has 2 aliphatic rings. The van der Waals surface area contributed by atoms with Crippen LogP contribution >= 0.6 is 11.8 Å².